The Morgan fingerprint density at radius 3 is 2.89 bits per heavy atom. The van der Waals surface area contributed by atoms with Crippen LogP contribution in [0.3, 0.4) is 0 Å². The third-order valence-electron chi connectivity index (χ3n) is 2.18. The zero-order valence-corrected chi connectivity index (χ0v) is 9.77. The van der Waals surface area contributed by atoms with E-state index < -0.39 is 5.91 Å². The molecule has 0 aliphatic heterocycles. The van der Waals surface area contributed by atoms with Crippen LogP contribution in [-0.4, -0.2) is 33.2 Å². The molecule has 2 aromatic heterocycles. The van der Waals surface area contributed by atoms with E-state index in [2.05, 4.69) is 25.5 Å². The van der Waals surface area contributed by atoms with Crippen LogP contribution in [0.15, 0.2) is 17.1 Å². The third kappa shape index (κ3) is 2.37. The number of aryl methyl sites for hydroxylation is 1. The van der Waals surface area contributed by atoms with Crippen LogP contribution in [0.4, 0.5) is 5.95 Å². The maximum Gasteiger partial charge on any atom is 0.336 e. The molecular weight excluding hydrogens is 238 g/mol. The SMILES string of the molecule is COc1n[nH]c(NC(=O)c2c[nH]c(C)cc2=O)n1. The Kier molecular flexibility index (Phi) is 3.09. The highest BCUT2D eigenvalue weighted by molar-refractivity contribution is 6.02. The molecule has 0 fully saturated rings. The normalized spacial score (nSPS) is 10.1. The van der Waals surface area contributed by atoms with Gasteiger partial charge in [0.05, 0.1) is 7.11 Å². The van der Waals surface area contributed by atoms with E-state index in [0.29, 0.717) is 5.69 Å². The van der Waals surface area contributed by atoms with Crippen LogP contribution in [0.5, 0.6) is 6.01 Å². The number of pyridine rings is 1. The summed E-state index contributed by atoms with van der Waals surface area (Å²) in [4.78, 5) is 30.0. The topological polar surface area (TPSA) is 113 Å². The highest BCUT2D eigenvalue weighted by Gasteiger charge is 2.12. The number of nitrogens with one attached hydrogen (secondary N) is 3. The number of rotatable bonds is 3. The first kappa shape index (κ1) is 11.8. The molecule has 94 valence electrons. The average Bonchev–Trinajstić information content (AvgIpc) is 2.76. The van der Waals surface area contributed by atoms with Crippen LogP contribution in [0.25, 0.3) is 0 Å². The number of H-pyrrole nitrogens is 2. The first-order chi connectivity index (χ1) is 8.60. The number of aromatic amines is 2. The number of hydrogen-bond donors (Lipinski definition) is 3. The second-order valence-corrected chi connectivity index (χ2v) is 3.52. The van der Waals surface area contributed by atoms with Gasteiger partial charge in [0, 0.05) is 18.0 Å². The fourth-order valence-corrected chi connectivity index (χ4v) is 1.32. The van der Waals surface area contributed by atoms with E-state index in [1.54, 1.807) is 6.92 Å². The van der Waals surface area contributed by atoms with E-state index in [1.165, 1.54) is 19.4 Å². The van der Waals surface area contributed by atoms with E-state index in [1.807, 2.05) is 0 Å². The van der Waals surface area contributed by atoms with Gasteiger partial charge in [0.25, 0.3) is 5.91 Å². The van der Waals surface area contributed by atoms with Crippen LogP contribution >= 0.6 is 0 Å². The van der Waals surface area contributed by atoms with Crippen molar-refractivity contribution >= 4 is 11.9 Å². The zero-order valence-electron chi connectivity index (χ0n) is 9.77. The Morgan fingerprint density at radius 2 is 2.28 bits per heavy atom. The number of carbonyl (C=O) groups is 1. The molecule has 0 saturated carbocycles. The van der Waals surface area contributed by atoms with Crippen LogP contribution in [-0.2, 0) is 0 Å². The maximum absolute atomic E-state index is 11.8. The smallest absolute Gasteiger partial charge is 0.336 e. The van der Waals surface area contributed by atoms with Crippen molar-refractivity contribution in [1.29, 1.82) is 0 Å². The second-order valence-electron chi connectivity index (χ2n) is 3.52. The zero-order chi connectivity index (χ0) is 13.1. The molecule has 8 nitrogen and oxygen atoms in total. The highest BCUT2D eigenvalue weighted by Crippen LogP contribution is 2.05. The quantitative estimate of drug-likeness (QED) is 0.712. The Hall–Kier alpha value is -2.64. The molecule has 0 aromatic carbocycles. The summed E-state index contributed by atoms with van der Waals surface area (Å²) in [6.07, 6.45) is 1.35. The van der Waals surface area contributed by atoms with Gasteiger partial charge in [0.2, 0.25) is 5.95 Å². The number of nitrogens with zero attached hydrogens (tertiary/aromatic N) is 2. The Morgan fingerprint density at radius 1 is 1.50 bits per heavy atom. The molecule has 0 spiro atoms. The summed E-state index contributed by atoms with van der Waals surface area (Å²) in [6.45, 7) is 1.73. The summed E-state index contributed by atoms with van der Waals surface area (Å²) in [5.74, 6) is -0.466. The van der Waals surface area contributed by atoms with Crippen LogP contribution in [0, 0.1) is 6.92 Å². The van der Waals surface area contributed by atoms with E-state index in [-0.39, 0.29) is 23.0 Å². The summed E-state index contributed by atoms with van der Waals surface area (Å²) in [7, 11) is 1.40. The molecule has 18 heavy (non-hydrogen) atoms. The van der Waals surface area contributed by atoms with Gasteiger partial charge in [-0.25, -0.2) is 5.10 Å². The Labute approximate surface area is 101 Å². The van der Waals surface area contributed by atoms with Gasteiger partial charge in [-0.3, -0.25) is 14.9 Å². The van der Waals surface area contributed by atoms with Crippen molar-refractivity contribution in [3.05, 3.63) is 33.7 Å². The Balaban J connectivity index is 2.19. The molecule has 2 aromatic rings. The standard InChI is InChI=1S/C10H11N5O3/c1-5-3-7(16)6(4-11-5)8(17)12-9-13-10(18-2)15-14-9/h3-4H,1-2H3,(H,11,16)(H2,12,13,14,15,17). The lowest BCUT2D eigenvalue weighted by Crippen LogP contribution is -2.22. The molecule has 0 aliphatic carbocycles. The van der Waals surface area contributed by atoms with Crippen molar-refractivity contribution in [2.24, 2.45) is 0 Å². The third-order valence-corrected chi connectivity index (χ3v) is 2.18. The molecule has 0 aliphatic rings. The predicted octanol–water partition coefficient (Wildman–Crippen LogP) is 0.0623. The minimum Gasteiger partial charge on any atom is -0.466 e. The molecule has 0 atom stereocenters. The van der Waals surface area contributed by atoms with Gasteiger partial charge in [0.1, 0.15) is 5.56 Å². The molecule has 3 N–H and O–H groups in total. The second kappa shape index (κ2) is 4.70. The van der Waals surface area contributed by atoms with Crippen molar-refractivity contribution < 1.29 is 9.53 Å². The fraction of sp³-hybridized carbons (Fsp3) is 0.200. The monoisotopic (exact) mass is 249 g/mol. The molecular formula is C10H11N5O3. The van der Waals surface area contributed by atoms with Crippen LogP contribution in [0.2, 0.25) is 0 Å². The Bertz CT molecular complexity index is 630. The van der Waals surface area contributed by atoms with Crippen LogP contribution < -0.4 is 15.5 Å². The lowest BCUT2D eigenvalue weighted by Gasteiger charge is -2.00. The summed E-state index contributed by atoms with van der Waals surface area (Å²) in [6, 6.07) is 1.44. The maximum atomic E-state index is 11.8. The number of ether oxygens (including phenoxy) is 1. The van der Waals surface area contributed by atoms with Crippen molar-refractivity contribution in [2.75, 3.05) is 12.4 Å². The minimum absolute atomic E-state index is 0.00373. The molecule has 0 saturated heterocycles. The van der Waals surface area contributed by atoms with Gasteiger partial charge in [-0.05, 0) is 6.92 Å². The number of hydrogen-bond acceptors (Lipinski definition) is 5. The first-order valence-electron chi connectivity index (χ1n) is 5.07. The van der Waals surface area contributed by atoms with E-state index in [9.17, 15) is 9.59 Å². The number of anilines is 1. The van der Waals surface area contributed by atoms with Gasteiger partial charge in [-0.2, -0.15) is 4.98 Å². The average molecular weight is 249 g/mol. The van der Waals surface area contributed by atoms with Crippen molar-refractivity contribution in [3.63, 3.8) is 0 Å². The van der Waals surface area contributed by atoms with Gasteiger partial charge < -0.3 is 9.72 Å². The van der Waals surface area contributed by atoms with E-state index >= 15 is 0 Å². The van der Waals surface area contributed by atoms with E-state index in [0.717, 1.165) is 0 Å². The molecule has 0 unspecified atom stereocenters. The molecule has 8 heteroatoms. The fourth-order valence-electron chi connectivity index (χ4n) is 1.32. The van der Waals surface area contributed by atoms with Crippen molar-refractivity contribution in [1.82, 2.24) is 20.2 Å². The van der Waals surface area contributed by atoms with Crippen molar-refractivity contribution in [2.45, 2.75) is 6.92 Å². The van der Waals surface area contributed by atoms with Gasteiger partial charge in [-0.15, -0.1) is 5.10 Å². The molecule has 2 heterocycles. The van der Waals surface area contributed by atoms with Crippen molar-refractivity contribution in [3.8, 4) is 6.01 Å². The minimum atomic E-state index is -0.574. The molecule has 0 bridgehead atoms. The molecule has 1 amide bonds. The highest BCUT2D eigenvalue weighted by atomic mass is 16.5. The summed E-state index contributed by atoms with van der Waals surface area (Å²) in [5, 5.41) is 8.52. The van der Waals surface area contributed by atoms with Gasteiger partial charge in [0.15, 0.2) is 5.43 Å². The summed E-state index contributed by atoms with van der Waals surface area (Å²) < 4.78 is 4.75. The largest absolute Gasteiger partial charge is 0.466 e. The summed E-state index contributed by atoms with van der Waals surface area (Å²) in [5.41, 5.74) is 0.309. The lowest BCUT2D eigenvalue weighted by atomic mass is 10.2. The van der Waals surface area contributed by atoms with E-state index in [4.69, 9.17) is 4.74 Å². The van der Waals surface area contributed by atoms with Gasteiger partial charge in [-0.1, -0.05) is 0 Å². The van der Waals surface area contributed by atoms with Gasteiger partial charge >= 0.3 is 6.01 Å². The predicted molar refractivity (Wildman–Crippen MR) is 62.7 cm³/mol. The number of carbonyl (C=O) groups excluding carboxylic acids is 1. The molecule has 2 rings (SSSR count). The lowest BCUT2D eigenvalue weighted by molar-refractivity contribution is 0.102. The molecule has 0 radical (unpaired) electrons. The van der Waals surface area contributed by atoms with Crippen LogP contribution in [0.1, 0.15) is 16.1 Å². The number of amides is 1. The summed E-state index contributed by atoms with van der Waals surface area (Å²) >= 11 is 0. The number of methoxy groups -OCH3 is 1. The number of aromatic nitrogens is 4. The first-order valence-corrected chi connectivity index (χ1v) is 5.07.